The Morgan fingerprint density at radius 1 is 0.902 bits per heavy atom. The van der Waals surface area contributed by atoms with Gasteiger partial charge >= 0.3 is 0 Å². The molecule has 3 aromatic heterocycles. The molecule has 0 radical (unpaired) electrons. The fourth-order valence-electron chi connectivity index (χ4n) is 6.30. The molecule has 2 aliphatic heterocycles. The van der Waals surface area contributed by atoms with Gasteiger partial charge in [0, 0.05) is 77.4 Å². The minimum absolute atomic E-state index is 0.123. The second kappa shape index (κ2) is 10.2. The number of benzene rings is 2. The highest BCUT2D eigenvalue weighted by Gasteiger charge is 2.62. The first kappa shape index (κ1) is 25.5. The highest BCUT2D eigenvalue weighted by Crippen LogP contribution is 2.58. The van der Waals surface area contributed by atoms with Crippen LogP contribution in [0.1, 0.15) is 18.4 Å². The summed E-state index contributed by atoms with van der Waals surface area (Å²) in [4.78, 5) is 8.98. The summed E-state index contributed by atoms with van der Waals surface area (Å²) in [5, 5.41) is 9.42. The van der Waals surface area contributed by atoms with Crippen LogP contribution in [-0.4, -0.2) is 53.9 Å². The molecule has 0 atom stereocenters. The smallest absolute Gasteiger partial charge is 0.140 e. The number of rotatable bonds is 11. The van der Waals surface area contributed by atoms with E-state index in [4.69, 9.17) is 18.9 Å². The van der Waals surface area contributed by atoms with Crippen molar-refractivity contribution in [3.05, 3.63) is 84.9 Å². The van der Waals surface area contributed by atoms with Gasteiger partial charge in [-0.3, -0.25) is 0 Å². The lowest BCUT2D eigenvalue weighted by Gasteiger charge is -2.44. The van der Waals surface area contributed by atoms with E-state index in [1.54, 1.807) is 20.4 Å². The Hall–Kier alpha value is -4.50. The van der Waals surface area contributed by atoms with E-state index in [-0.39, 0.29) is 11.0 Å². The maximum Gasteiger partial charge on any atom is 0.140 e. The van der Waals surface area contributed by atoms with Crippen LogP contribution in [0, 0.1) is 5.41 Å². The average Bonchev–Trinajstić information content (AvgIpc) is 3.71. The summed E-state index contributed by atoms with van der Waals surface area (Å²) in [6.07, 6.45) is 9.51. The summed E-state index contributed by atoms with van der Waals surface area (Å²) in [6, 6.07) is 18.1. The molecule has 9 nitrogen and oxygen atoms in total. The second-order valence-electron chi connectivity index (χ2n) is 11.1. The third-order valence-corrected chi connectivity index (χ3v) is 8.35. The number of hydrogen-bond donors (Lipinski definition) is 2. The van der Waals surface area contributed by atoms with Crippen molar-refractivity contribution in [1.29, 1.82) is 0 Å². The molecule has 5 aromatic rings. The van der Waals surface area contributed by atoms with Gasteiger partial charge in [0.15, 0.2) is 0 Å². The van der Waals surface area contributed by atoms with Gasteiger partial charge in [0.1, 0.15) is 40.9 Å². The lowest BCUT2D eigenvalue weighted by Crippen LogP contribution is -2.51. The van der Waals surface area contributed by atoms with Crippen molar-refractivity contribution in [2.75, 3.05) is 44.6 Å². The highest BCUT2D eigenvalue weighted by molar-refractivity contribution is 5.99. The van der Waals surface area contributed by atoms with Crippen molar-refractivity contribution in [2.45, 2.75) is 25.0 Å². The number of imidazole rings is 1. The third kappa shape index (κ3) is 4.76. The normalized spacial score (nSPS) is 21.0. The predicted molar refractivity (Wildman–Crippen MR) is 158 cm³/mol. The first-order valence-corrected chi connectivity index (χ1v) is 13.8. The van der Waals surface area contributed by atoms with Gasteiger partial charge in [0.25, 0.3) is 0 Å². The van der Waals surface area contributed by atoms with Crippen LogP contribution in [0.5, 0.6) is 17.2 Å². The molecule has 8 rings (SSSR count). The summed E-state index contributed by atoms with van der Waals surface area (Å²) in [5.74, 6) is 3.20. The predicted octanol–water partition coefficient (Wildman–Crippen LogP) is 5.55. The molecule has 3 aliphatic rings. The molecule has 41 heavy (non-hydrogen) atoms. The molecule has 0 unspecified atom stereocenters. The van der Waals surface area contributed by atoms with E-state index >= 15 is 0 Å². The summed E-state index contributed by atoms with van der Waals surface area (Å²) < 4.78 is 25.3. The van der Waals surface area contributed by atoms with E-state index < -0.39 is 0 Å². The molecule has 2 saturated heterocycles. The van der Waals surface area contributed by atoms with E-state index in [0.717, 1.165) is 76.7 Å². The Morgan fingerprint density at radius 3 is 2.71 bits per heavy atom. The Morgan fingerprint density at radius 2 is 1.83 bits per heavy atom. The molecule has 1 aliphatic carbocycles. The van der Waals surface area contributed by atoms with E-state index in [9.17, 15) is 0 Å². The zero-order valence-electron chi connectivity index (χ0n) is 23.2. The van der Waals surface area contributed by atoms with Crippen LogP contribution < -0.4 is 24.8 Å². The Kier molecular flexibility index (Phi) is 6.31. The van der Waals surface area contributed by atoms with Crippen molar-refractivity contribution >= 4 is 27.9 Å². The van der Waals surface area contributed by atoms with Crippen molar-refractivity contribution in [2.24, 2.45) is 5.41 Å². The maximum atomic E-state index is 6.29. The molecule has 2 bridgehead atoms. The van der Waals surface area contributed by atoms with Crippen LogP contribution in [0.3, 0.4) is 0 Å². The zero-order chi connectivity index (χ0) is 27.9. The number of pyridine rings is 2. The maximum absolute atomic E-state index is 6.29. The minimum atomic E-state index is -0.203. The number of aromatic nitrogens is 3. The molecule has 9 heteroatoms. The van der Waals surface area contributed by atoms with Crippen LogP contribution in [0.4, 0.5) is 11.5 Å². The van der Waals surface area contributed by atoms with Gasteiger partial charge in [-0.05, 0) is 43.2 Å². The van der Waals surface area contributed by atoms with Gasteiger partial charge in [0.05, 0.1) is 20.8 Å². The Bertz CT molecular complexity index is 1710. The molecular formula is C32H33N5O4. The summed E-state index contributed by atoms with van der Waals surface area (Å²) in [5.41, 5.74) is 2.92. The molecule has 3 fully saturated rings. The molecule has 2 aromatic carbocycles. The fraction of sp³-hybridized carbons (Fsp3) is 0.312. The molecule has 210 valence electrons. The van der Waals surface area contributed by atoms with Gasteiger partial charge in [0.2, 0.25) is 0 Å². The standard InChI is InChI=1S/C32H33N5O4/c1-38-23-7-6-22(28(14-23)39-2)16-35-30-26-4-3-5-27(25(26)8-10-34-30)36-19-31-17-32(18-31,41-20-31)21-40-24-9-12-37-13-11-33-29(37)15-24/h3-15,36H,16-21H2,1-2H3,(H,34,35). The minimum Gasteiger partial charge on any atom is -0.497 e. The van der Waals surface area contributed by atoms with Gasteiger partial charge in [-0.15, -0.1) is 0 Å². The summed E-state index contributed by atoms with van der Waals surface area (Å²) >= 11 is 0. The third-order valence-electron chi connectivity index (χ3n) is 8.35. The molecule has 5 heterocycles. The molecule has 2 N–H and O–H groups in total. The molecular weight excluding hydrogens is 518 g/mol. The van der Waals surface area contributed by atoms with Crippen LogP contribution in [0.15, 0.2) is 79.4 Å². The quantitative estimate of drug-likeness (QED) is 0.221. The number of nitrogens with one attached hydrogen (secondary N) is 2. The Balaban J connectivity index is 0.994. The van der Waals surface area contributed by atoms with Gasteiger partial charge in [-0.2, -0.15) is 0 Å². The summed E-state index contributed by atoms with van der Waals surface area (Å²) in [6.45, 7) is 2.73. The average molecular weight is 552 g/mol. The van der Waals surface area contributed by atoms with Crippen LogP contribution in [0.25, 0.3) is 16.4 Å². The van der Waals surface area contributed by atoms with E-state index in [0.29, 0.717) is 13.2 Å². The number of fused-ring (bicyclic) bond motifs is 3. The van der Waals surface area contributed by atoms with Crippen LogP contribution >= 0.6 is 0 Å². The van der Waals surface area contributed by atoms with Gasteiger partial charge in [-0.1, -0.05) is 12.1 Å². The van der Waals surface area contributed by atoms with Gasteiger partial charge in [-0.25, -0.2) is 9.97 Å². The van der Waals surface area contributed by atoms with E-state index in [1.807, 2.05) is 53.3 Å². The van der Waals surface area contributed by atoms with Crippen molar-refractivity contribution < 1.29 is 18.9 Å². The lowest BCUT2D eigenvalue weighted by atomic mass is 9.62. The van der Waals surface area contributed by atoms with E-state index in [2.05, 4.69) is 44.9 Å². The highest BCUT2D eigenvalue weighted by atomic mass is 16.6. The first-order chi connectivity index (χ1) is 20.1. The second-order valence-corrected chi connectivity index (χ2v) is 11.1. The Labute approximate surface area is 238 Å². The lowest BCUT2D eigenvalue weighted by molar-refractivity contribution is -0.0482. The number of anilines is 2. The zero-order valence-corrected chi connectivity index (χ0v) is 23.2. The van der Waals surface area contributed by atoms with E-state index in [1.165, 1.54) is 0 Å². The first-order valence-electron chi connectivity index (χ1n) is 13.8. The molecule has 1 saturated carbocycles. The van der Waals surface area contributed by atoms with Crippen molar-refractivity contribution in [1.82, 2.24) is 14.4 Å². The van der Waals surface area contributed by atoms with Crippen molar-refractivity contribution in [3.8, 4) is 17.2 Å². The van der Waals surface area contributed by atoms with Crippen molar-refractivity contribution in [3.63, 3.8) is 0 Å². The molecule has 0 spiro atoms. The summed E-state index contributed by atoms with van der Waals surface area (Å²) in [7, 11) is 3.32. The SMILES string of the molecule is COc1ccc(CNc2nccc3c(NCC45COC(COc6ccn7ccnc7c6)(C4)C5)cccc23)c(OC)c1. The largest absolute Gasteiger partial charge is 0.497 e. The fourth-order valence-corrected chi connectivity index (χ4v) is 6.30. The number of nitrogens with zero attached hydrogens (tertiary/aromatic N) is 3. The number of hydrogen-bond acceptors (Lipinski definition) is 8. The van der Waals surface area contributed by atoms with Gasteiger partial charge < -0.3 is 34.0 Å². The van der Waals surface area contributed by atoms with Crippen LogP contribution in [-0.2, 0) is 11.3 Å². The van der Waals surface area contributed by atoms with Crippen LogP contribution in [0.2, 0.25) is 0 Å². The molecule has 0 amide bonds. The monoisotopic (exact) mass is 551 g/mol. The number of methoxy groups -OCH3 is 2. The topological polar surface area (TPSA) is 91.2 Å². The number of ether oxygens (including phenoxy) is 4.